The summed E-state index contributed by atoms with van der Waals surface area (Å²) in [7, 11) is 5.15. The lowest BCUT2D eigenvalue weighted by atomic mass is 10.0. The molecule has 0 radical (unpaired) electrons. The first-order valence-electron chi connectivity index (χ1n) is 8.62. The number of hydrogen-bond acceptors (Lipinski definition) is 7. The molecule has 150 valence electrons. The number of benzene rings is 1. The van der Waals surface area contributed by atoms with Crippen LogP contribution in [0.4, 0.5) is 5.69 Å². The molecule has 1 heterocycles. The van der Waals surface area contributed by atoms with Gasteiger partial charge in [-0.3, -0.25) is 9.59 Å². The SMILES string of the molecule is CN(C)C(=O)c1ccc2c(c1)N(C)[C@H](CC(=O)NC(CO)(CO)CO)CO2. The van der Waals surface area contributed by atoms with Gasteiger partial charge in [0.2, 0.25) is 5.91 Å². The Labute approximate surface area is 158 Å². The number of amides is 2. The molecule has 0 saturated heterocycles. The van der Waals surface area contributed by atoms with Crippen LogP contribution in [0.5, 0.6) is 5.75 Å². The van der Waals surface area contributed by atoms with Crippen LogP contribution in [0, 0.1) is 0 Å². The van der Waals surface area contributed by atoms with Crippen LogP contribution in [-0.4, -0.2) is 91.2 Å². The molecule has 0 unspecified atom stereocenters. The Hall–Kier alpha value is -2.36. The number of carbonyl (C=O) groups excluding carboxylic acids is 2. The maximum absolute atomic E-state index is 12.3. The first-order chi connectivity index (χ1) is 12.8. The predicted octanol–water partition coefficient (Wildman–Crippen LogP) is -1.19. The molecular formula is C18H27N3O6. The molecule has 0 saturated carbocycles. The lowest BCUT2D eigenvalue weighted by molar-refractivity contribution is -0.126. The van der Waals surface area contributed by atoms with E-state index in [0.29, 0.717) is 17.0 Å². The summed E-state index contributed by atoms with van der Waals surface area (Å²) in [5, 5.41) is 30.5. The van der Waals surface area contributed by atoms with Gasteiger partial charge in [-0.2, -0.15) is 0 Å². The first-order valence-corrected chi connectivity index (χ1v) is 8.62. The summed E-state index contributed by atoms with van der Waals surface area (Å²) in [6, 6.07) is 4.84. The van der Waals surface area contributed by atoms with E-state index in [4.69, 9.17) is 4.74 Å². The normalized spacial score (nSPS) is 16.4. The third-order valence-corrected chi connectivity index (χ3v) is 4.70. The van der Waals surface area contributed by atoms with E-state index in [9.17, 15) is 24.9 Å². The van der Waals surface area contributed by atoms with Crippen molar-refractivity contribution in [2.45, 2.75) is 18.0 Å². The molecule has 9 nitrogen and oxygen atoms in total. The molecule has 2 rings (SSSR count). The van der Waals surface area contributed by atoms with Gasteiger partial charge in [-0.05, 0) is 18.2 Å². The Morgan fingerprint density at radius 3 is 2.44 bits per heavy atom. The minimum atomic E-state index is -1.46. The van der Waals surface area contributed by atoms with Crippen LogP contribution in [0.2, 0.25) is 0 Å². The van der Waals surface area contributed by atoms with E-state index < -0.39 is 31.3 Å². The van der Waals surface area contributed by atoms with Crippen LogP contribution in [0.1, 0.15) is 16.8 Å². The van der Waals surface area contributed by atoms with Crippen LogP contribution in [0.25, 0.3) is 0 Å². The van der Waals surface area contributed by atoms with Gasteiger partial charge in [0.05, 0.1) is 38.0 Å². The van der Waals surface area contributed by atoms with Crippen molar-refractivity contribution >= 4 is 17.5 Å². The molecule has 0 bridgehead atoms. The molecular weight excluding hydrogens is 354 g/mol. The standard InChI is InChI=1S/C18H27N3O6/c1-20(2)17(26)12-4-5-15-14(6-12)21(3)13(8-27-15)7-16(25)19-18(9-22,10-23)11-24/h4-6,13,22-24H,7-11H2,1-3H3,(H,19,25)/t13-/m1/s1. The smallest absolute Gasteiger partial charge is 0.253 e. The van der Waals surface area contributed by atoms with Gasteiger partial charge in [0, 0.05) is 26.7 Å². The monoisotopic (exact) mass is 381 g/mol. The van der Waals surface area contributed by atoms with Crippen molar-refractivity contribution in [3.05, 3.63) is 23.8 Å². The molecule has 9 heteroatoms. The first kappa shape index (κ1) is 20.9. The number of nitrogens with zero attached hydrogens (tertiary/aromatic N) is 2. The fourth-order valence-electron chi connectivity index (χ4n) is 2.83. The number of carbonyl (C=O) groups is 2. The fraction of sp³-hybridized carbons (Fsp3) is 0.556. The van der Waals surface area contributed by atoms with Crippen molar-refractivity contribution < 1.29 is 29.6 Å². The van der Waals surface area contributed by atoms with E-state index in [1.165, 1.54) is 4.90 Å². The van der Waals surface area contributed by atoms with Crippen LogP contribution >= 0.6 is 0 Å². The highest BCUT2D eigenvalue weighted by Crippen LogP contribution is 2.34. The Morgan fingerprint density at radius 2 is 1.89 bits per heavy atom. The van der Waals surface area contributed by atoms with E-state index in [0.717, 1.165) is 0 Å². The number of anilines is 1. The predicted molar refractivity (Wildman–Crippen MR) is 98.9 cm³/mol. The van der Waals surface area contributed by atoms with Crippen LogP contribution < -0.4 is 15.0 Å². The van der Waals surface area contributed by atoms with Crippen molar-refractivity contribution in [2.75, 3.05) is 52.5 Å². The van der Waals surface area contributed by atoms with E-state index in [1.54, 1.807) is 39.3 Å². The summed E-state index contributed by atoms with van der Waals surface area (Å²) in [5.74, 6) is 0.0566. The van der Waals surface area contributed by atoms with E-state index in [-0.39, 0.29) is 25.0 Å². The van der Waals surface area contributed by atoms with Gasteiger partial charge < -0.3 is 35.2 Å². The Kier molecular flexibility index (Phi) is 6.63. The summed E-state index contributed by atoms with van der Waals surface area (Å²) < 4.78 is 5.72. The molecule has 27 heavy (non-hydrogen) atoms. The Bertz CT molecular complexity index is 681. The van der Waals surface area contributed by atoms with Crippen molar-refractivity contribution in [1.82, 2.24) is 10.2 Å². The van der Waals surface area contributed by atoms with Gasteiger partial charge >= 0.3 is 0 Å². The van der Waals surface area contributed by atoms with Gasteiger partial charge in [0.1, 0.15) is 17.9 Å². The zero-order chi connectivity index (χ0) is 20.2. The molecule has 1 aliphatic rings. The number of nitrogens with one attached hydrogen (secondary N) is 1. The van der Waals surface area contributed by atoms with Gasteiger partial charge in [-0.1, -0.05) is 0 Å². The molecule has 0 aliphatic carbocycles. The van der Waals surface area contributed by atoms with E-state index in [1.807, 2.05) is 4.90 Å². The number of hydrogen-bond donors (Lipinski definition) is 4. The molecule has 1 aliphatic heterocycles. The molecule has 1 atom stereocenters. The average Bonchev–Trinajstić information content (AvgIpc) is 2.67. The lowest BCUT2D eigenvalue weighted by Gasteiger charge is -2.37. The second-order valence-electron chi connectivity index (χ2n) is 6.96. The van der Waals surface area contributed by atoms with Crippen molar-refractivity contribution in [1.29, 1.82) is 0 Å². The molecule has 0 fully saturated rings. The summed E-state index contributed by atoms with van der Waals surface area (Å²) in [6.45, 7) is -1.48. The highest BCUT2D eigenvalue weighted by Gasteiger charge is 2.33. The Morgan fingerprint density at radius 1 is 1.26 bits per heavy atom. The van der Waals surface area contributed by atoms with E-state index >= 15 is 0 Å². The van der Waals surface area contributed by atoms with Crippen LogP contribution in [-0.2, 0) is 4.79 Å². The topological polar surface area (TPSA) is 123 Å². The molecule has 4 N–H and O–H groups in total. The number of aliphatic hydroxyl groups is 3. The van der Waals surface area contributed by atoms with Crippen molar-refractivity contribution in [2.24, 2.45) is 0 Å². The number of ether oxygens (including phenoxy) is 1. The minimum absolute atomic E-state index is 0.0313. The maximum atomic E-state index is 12.3. The number of aliphatic hydroxyl groups excluding tert-OH is 3. The zero-order valence-electron chi connectivity index (χ0n) is 15.8. The largest absolute Gasteiger partial charge is 0.489 e. The second-order valence-corrected chi connectivity index (χ2v) is 6.96. The molecule has 2 amide bonds. The summed E-state index contributed by atoms with van der Waals surface area (Å²) in [5.41, 5.74) is -0.252. The van der Waals surface area contributed by atoms with Gasteiger partial charge in [0.15, 0.2) is 0 Å². The van der Waals surface area contributed by atoms with Crippen molar-refractivity contribution in [3.63, 3.8) is 0 Å². The van der Waals surface area contributed by atoms with Crippen LogP contribution in [0.3, 0.4) is 0 Å². The third-order valence-electron chi connectivity index (χ3n) is 4.70. The van der Waals surface area contributed by atoms with Gasteiger partial charge in [0.25, 0.3) is 5.91 Å². The number of likely N-dealkylation sites (N-methyl/N-ethyl adjacent to an activating group) is 1. The number of fused-ring (bicyclic) bond motifs is 1. The van der Waals surface area contributed by atoms with Gasteiger partial charge in [-0.15, -0.1) is 0 Å². The molecule has 1 aromatic carbocycles. The summed E-state index contributed by atoms with van der Waals surface area (Å²) in [6.07, 6.45) is 0.0313. The van der Waals surface area contributed by atoms with Crippen LogP contribution in [0.15, 0.2) is 18.2 Å². The minimum Gasteiger partial charge on any atom is -0.489 e. The number of rotatable bonds is 7. The van der Waals surface area contributed by atoms with Gasteiger partial charge in [-0.25, -0.2) is 0 Å². The average molecular weight is 381 g/mol. The zero-order valence-corrected chi connectivity index (χ0v) is 15.8. The molecule has 1 aromatic rings. The Balaban J connectivity index is 2.13. The lowest BCUT2D eigenvalue weighted by Crippen LogP contribution is -2.58. The molecule has 0 spiro atoms. The van der Waals surface area contributed by atoms with E-state index in [2.05, 4.69) is 5.32 Å². The molecule has 0 aromatic heterocycles. The highest BCUT2D eigenvalue weighted by molar-refractivity contribution is 5.95. The summed E-state index contributed by atoms with van der Waals surface area (Å²) in [4.78, 5) is 27.9. The fourth-order valence-corrected chi connectivity index (χ4v) is 2.83. The highest BCUT2D eigenvalue weighted by atomic mass is 16.5. The van der Waals surface area contributed by atoms with Crippen molar-refractivity contribution in [3.8, 4) is 5.75 Å². The quantitative estimate of drug-likeness (QED) is 0.468. The second kappa shape index (κ2) is 8.55. The summed E-state index contributed by atoms with van der Waals surface area (Å²) >= 11 is 0. The third kappa shape index (κ3) is 4.49. The maximum Gasteiger partial charge on any atom is 0.253 e.